The molecule has 0 aromatic heterocycles. The number of benzene rings is 3. The van der Waals surface area contributed by atoms with E-state index in [-0.39, 0.29) is 5.75 Å². The van der Waals surface area contributed by atoms with Gasteiger partial charge in [0.25, 0.3) is 0 Å². The number of phenols is 1. The second-order valence-electron chi connectivity index (χ2n) is 8.37. The largest absolute Gasteiger partial charge is 0.508 e. The van der Waals surface area contributed by atoms with Gasteiger partial charge in [0.15, 0.2) is 0 Å². The lowest BCUT2D eigenvalue weighted by atomic mass is 9.88. The zero-order chi connectivity index (χ0) is 22.9. The summed E-state index contributed by atoms with van der Waals surface area (Å²) in [5.74, 6) is 1.17. The lowest BCUT2D eigenvalue weighted by Crippen LogP contribution is -2.38. The molecule has 0 aliphatic carbocycles. The van der Waals surface area contributed by atoms with Crippen LogP contribution >= 0.6 is 0 Å². The Morgan fingerprint density at radius 3 is 2.15 bits per heavy atom. The Morgan fingerprint density at radius 2 is 1.52 bits per heavy atom. The van der Waals surface area contributed by atoms with Crippen LogP contribution in [0.5, 0.6) is 11.5 Å². The van der Waals surface area contributed by atoms with Crippen LogP contribution in [0.2, 0.25) is 0 Å². The quantitative estimate of drug-likeness (QED) is 0.470. The van der Waals surface area contributed by atoms with E-state index in [0.717, 1.165) is 62.6 Å². The fraction of sp³-hybridized carbons (Fsp3) is 0.310. The van der Waals surface area contributed by atoms with Gasteiger partial charge in [0.2, 0.25) is 0 Å². The summed E-state index contributed by atoms with van der Waals surface area (Å²) in [6.07, 6.45) is 1.84. The molecule has 4 heteroatoms. The molecule has 4 nitrogen and oxygen atoms in total. The van der Waals surface area contributed by atoms with Gasteiger partial charge < -0.3 is 14.6 Å². The minimum Gasteiger partial charge on any atom is -0.508 e. The van der Waals surface area contributed by atoms with Gasteiger partial charge in [-0.1, -0.05) is 67.1 Å². The first-order chi connectivity index (χ1) is 16.2. The molecule has 0 unspecified atom stereocenters. The van der Waals surface area contributed by atoms with Gasteiger partial charge in [0, 0.05) is 19.6 Å². The van der Waals surface area contributed by atoms with E-state index in [0.29, 0.717) is 6.61 Å². The number of ether oxygens (including phenoxy) is 2. The summed E-state index contributed by atoms with van der Waals surface area (Å²) in [7, 11) is 0. The fourth-order valence-corrected chi connectivity index (χ4v) is 4.27. The summed E-state index contributed by atoms with van der Waals surface area (Å²) in [5.41, 5.74) is 6.17. The monoisotopic (exact) mass is 443 g/mol. The first kappa shape index (κ1) is 23.1. The summed E-state index contributed by atoms with van der Waals surface area (Å²) >= 11 is 0. The molecule has 3 aromatic rings. The molecule has 4 rings (SSSR count). The maximum atomic E-state index is 9.81. The third-order valence-electron chi connectivity index (χ3n) is 6.12. The zero-order valence-corrected chi connectivity index (χ0v) is 19.4. The summed E-state index contributed by atoms with van der Waals surface area (Å²) in [5, 5.41) is 9.81. The number of aromatic hydroxyl groups is 1. The van der Waals surface area contributed by atoms with Crippen molar-refractivity contribution in [2.24, 2.45) is 0 Å². The second kappa shape index (κ2) is 11.7. The molecular weight excluding hydrogens is 410 g/mol. The van der Waals surface area contributed by atoms with Crippen LogP contribution in [-0.2, 0) is 11.2 Å². The lowest BCUT2D eigenvalue weighted by Gasteiger charge is -2.26. The molecule has 33 heavy (non-hydrogen) atoms. The van der Waals surface area contributed by atoms with Crippen LogP contribution in [0, 0.1) is 0 Å². The molecule has 3 aromatic carbocycles. The maximum Gasteiger partial charge on any atom is 0.119 e. The van der Waals surface area contributed by atoms with Gasteiger partial charge in [-0.3, -0.25) is 4.90 Å². The van der Waals surface area contributed by atoms with E-state index in [1.54, 1.807) is 12.1 Å². The van der Waals surface area contributed by atoms with Crippen LogP contribution in [0.25, 0.3) is 5.57 Å². The molecular formula is C29H33NO3. The van der Waals surface area contributed by atoms with Gasteiger partial charge in [0.1, 0.15) is 18.1 Å². The van der Waals surface area contributed by atoms with Gasteiger partial charge in [-0.15, -0.1) is 0 Å². The zero-order valence-electron chi connectivity index (χ0n) is 19.4. The number of allylic oxidation sites excluding steroid dienone is 1. The van der Waals surface area contributed by atoms with Gasteiger partial charge in [-0.2, -0.15) is 0 Å². The van der Waals surface area contributed by atoms with Crippen molar-refractivity contribution in [3.63, 3.8) is 0 Å². The molecule has 1 aliphatic heterocycles. The summed E-state index contributed by atoms with van der Waals surface area (Å²) in [6, 6.07) is 26.5. The molecule has 1 fully saturated rings. The van der Waals surface area contributed by atoms with Crippen LogP contribution in [0.4, 0.5) is 0 Å². The Morgan fingerprint density at radius 1 is 0.879 bits per heavy atom. The smallest absolute Gasteiger partial charge is 0.119 e. The van der Waals surface area contributed by atoms with Crippen LogP contribution in [0.15, 0.2) is 84.4 Å². The minimum atomic E-state index is 0.281. The van der Waals surface area contributed by atoms with Gasteiger partial charge in [0.05, 0.1) is 13.2 Å². The highest BCUT2D eigenvalue weighted by molar-refractivity contribution is 5.82. The molecule has 1 N–H and O–H groups in total. The first-order valence-electron chi connectivity index (χ1n) is 11.8. The normalized spacial score (nSPS) is 15.2. The van der Waals surface area contributed by atoms with Gasteiger partial charge >= 0.3 is 0 Å². The Hall–Kier alpha value is -3.08. The summed E-state index contributed by atoms with van der Waals surface area (Å²) in [4.78, 5) is 2.38. The highest BCUT2D eigenvalue weighted by Gasteiger charge is 2.13. The number of nitrogens with zero attached hydrogens (tertiary/aromatic N) is 1. The lowest BCUT2D eigenvalue weighted by molar-refractivity contribution is 0.0322. The number of hydrogen-bond donors (Lipinski definition) is 1. The van der Waals surface area contributed by atoms with Gasteiger partial charge in [-0.05, 0) is 59.4 Å². The van der Waals surface area contributed by atoms with E-state index in [4.69, 9.17) is 9.47 Å². The van der Waals surface area contributed by atoms with Crippen molar-refractivity contribution >= 4 is 5.57 Å². The Labute approximate surface area is 197 Å². The molecule has 0 amide bonds. The molecule has 0 spiro atoms. The summed E-state index contributed by atoms with van der Waals surface area (Å²) < 4.78 is 11.4. The highest BCUT2D eigenvalue weighted by atomic mass is 16.5. The fourth-order valence-electron chi connectivity index (χ4n) is 4.27. The average Bonchev–Trinajstić information content (AvgIpc) is 2.87. The number of hydrogen-bond acceptors (Lipinski definition) is 4. The van der Waals surface area contributed by atoms with Crippen molar-refractivity contribution in [3.05, 3.63) is 101 Å². The molecule has 1 heterocycles. The first-order valence-corrected chi connectivity index (χ1v) is 11.8. The molecule has 1 saturated heterocycles. The van der Waals surface area contributed by atoms with E-state index >= 15 is 0 Å². The van der Waals surface area contributed by atoms with Crippen LogP contribution in [0.1, 0.15) is 30.0 Å². The number of rotatable bonds is 9. The van der Waals surface area contributed by atoms with Crippen LogP contribution in [-0.4, -0.2) is 49.5 Å². The molecule has 0 radical (unpaired) electrons. The van der Waals surface area contributed by atoms with E-state index in [2.05, 4.69) is 66.4 Å². The van der Waals surface area contributed by atoms with E-state index in [1.165, 1.54) is 16.7 Å². The Balaban J connectivity index is 1.55. The summed E-state index contributed by atoms with van der Waals surface area (Å²) in [6.45, 7) is 7.37. The van der Waals surface area contributed by atoms with Crippen LogP contribution < -0.4 is 4.74 Å². The Bertz CT molecular complexity index is 1020. The van der Waals surface area contributed by atoms with Crippen molar-refractivity contribution in [1.29, 1.82) is 0 Å². The molecule has 0 atom stereocenters. The van der Waals surface area contributed by atoms with Gasteiger partial charge in [-0.25, -0.2) is 0 Å². The van der Waals surface area contributed by atoms with Crippen molar-refractivity contribution in [1.82, 2.24) is 4.90 Å². The topological polar surface area (TPSA) is 41.9 Å². The van der Waals surface area contributed by atoms with Crippen molar-refractivity contribution in [3.8, 4) is 11.5 Å². The minimum absolute atomic E-state index is 0.281. The molecule has 0 bridgehead atoms. The van der Waals surface area contributed by atoms with Crippen molar-refractivity contribution < 1.29 is 14.6 Å². The third kappa shape index (κ3) is 6.47. The van der Waals surface area contributed by atoms with Crippen LogP contribution in [0.3, 0.4) is 0 Å². The van der Waals surface area contributed by atoms with E-state index in [9.17, 15) is 5.11 Å². The maximum absolute atomic E-state index is 9.81. The van der Waals surface area contributed by atoms with Crippen molar-refractivity contribution in [2.75, 3.05) is 39.5 Å². The average molecular weight is 444 g/mol. The third-order valence-corrected chi connectivity index (χ3v) is 6.12. The van der Waals surface area contributed by atoms with Crippen molar-refractivity contribution in [2.45, 2.75) is 19.8 Å². The highest BCUT2D eigenvalue weighted by Crippen LogP contribution is 2.32. The van der Waals surface area contributed by atoms with E-state index in [1.807, 2.05) is 12.1 Å². The predicted molar refractivity (Wildman–Crippen MR) is 134 cm³/mol. The Kier molecular flexibility index (Phi) is 8.18. The molecule has 0 saturated carbocycles. The molecule has 172 valence electrons. The standard InChI is InChI=1S/C29H33NO3/c1-2-24(22-23-6-4-3-5-7-23)29(25-8-12-27(31)13-9-25)26-10-14-28(15-11-26)33-21-18-30-16-19-32-20-17-30/h3-15,31H,2,16-22H2,1H3/b29-24+. The predicted octanol–water partition coefficient (Wildman–Crippen LogP) is 5.56. The second-order valence-corrected chi connectivity index (χ2v) is 8.37. The van der Waals surface area contributed by atoms with E-state index < -0.39 is 0 Å². The SMILES string of the molecule is CC/C(Cc1ccccc1)=C(/c1ccc(O)cc1)c1ccc(OCCN2CCOCC2)cc1. The number of morpholine rings is 1. The number of phenolic OH excluding ortho intramolecular Hbond substituents is 1. The molecule has 1 aliphatic rings.